The topological polar surface area (TPSA) is 181 Å². The number of imide groups is 2. The zero-order chi connectivity index (χ0) is 42.4. The van der Waals surface area contributed by atoms with Gasteiger partial charge >= 0.3 is 0 Å². The standard InChI is InChI=1S/C43H45ClFN9O6/c1-42(2)40(43(3,4)41(42)60-23-6-5-22(16-46)29(44)13-23)50-36(56)31-17-48-34(18-47-31)53-20-27-26(28(27)21-53)19-51-9-11-52(12-10-51)33-15-25-24(14-30(33)45)38(58)54(39(25)59)32-7-8-35(55)49-37(32)57/h5-6,13-15,17-18,26-28,32,40-41H,7-12,19-21H2,1-4H3,(H,50,56)(H,49,55,57)/t26-,27-,28+,32?,40-,41-. The van der Waals surface area contributed by atoms with E-state index in [1.807, 2.05) is 32.6 Å². The number of carbonyl (C=O) groups excluding carboxylic acids is 5. The number of piperazine rings is 1. The molecule has 9 rings (SSSR count). The Bertz CT molecular complexity index is 2350. The average Bonchev–Trinajstić information content (AvgIpc) is 3.52. The second-order valence-electron chi connectivity index (χ2n) is 18.0. The molecule has 6 aliphatic rings. The van der Waals surface area contributed by atoms with Gasteiger partial charge in [0.05, 0.1) is 39.8 Å². The number of carbonyl (C=O) groups is 5. The van der Waals surface area contributed by atoms with Gasteiger partial charge in [-0.25, -0.2) is 14.4 Å². The molecule has 0 spiro atoms. The van der Waals surface area contributed by atoms with Gasteiger partial charge in [0.2, 0.25) is 11.8 Å². The van der Waals surface area contributed by atoms with Gasteiger partial charge in [-0.3, -0.25) is 39.1 Å². The van der Waals surface area contributed by atoms with E-state index in [1.54, 1.807) is 24.4 Å². The number of amides is 5. The summed E-state index contributed by atoms with van der Waals surface area (Å²) in [7, 11) is 0. The molecular weight excluding hydrogens is 793 g/mol. The maximum atomic E-state index is 15.5. The second kappa shape index (κ2) is 14.5. The Balaban J connectivity index is 0.744. The Morgan fingerprint density at radius 1 is 0.967 bits per heavy atom. The molecule has 2 aromatic carbocycles. The van der Waals surface area contributed by atoms with E-state index in [2.05, 4.69) is 36.5 Å². The van der Waals surface area contributed by atoms with Crippen molar-refractivity contribution >= 4 is 52.6 Å². The molecule has 3 aromatic rings. The lowest BCUT2D eigenvalue weighted by atomic mass is 9.49. The highest BCUT2D eigenvalue weighted by Crippen LogP contribution is 2.56. The summed E-state index contributed by atoms with van der Waals surface area (Å²) in [5, 5.41) is 14.9. The van der Waals surface area contributed by atoms with Crippen LogP contribution in [0.3, 0.4) is 0 Å². The smallest absolute Gasteiger partial charge is 0.271 e. The molecule has 4 atom stereocenters. The Kier molecular flexibility index (Phi) is 9.62. The van der Waals surface area contributed by atoms with Crippen LogP contribution >= 0.6 is 11.6 Å². The van der Waals surface area contributed by atoms with E-state index < -0.39 is 46.3 Å². The largest absolute Gasteiger partial charge is 0.489 e. The number of nitrogens with zero attached hydrogens (tertiary/aromatic N) is 7. The fourth-order valence-electron chi connectivity index (χ4n) is 10.7. The fraction of sp³-hybridized carbons (Fsp3) is 0.488. The van der Waals surface area contributed by atoms with Gasteiger partial charge in [0.1, 0.15) is 41.3 Å². The lowest BCUT2D eigenvalue weighted by Gasteiger charge is -2.63. The SMILES string of the molecule is CC1(C)[C@H](NC(=O)c2cnc(N3C[C@@H]4[C@@H](CN5CCN(c6cc7c(cc6F)C(=O)N(C6CCC(=O)NC6=O)C7=O)CC5)[C@@H]4C3)cn2)C(C)(C)[C@H]1Oc1ccc(C#N)c(Cl)c1. The monoisotopic (exact) mass is 837 g/mol. The number of hydrogen-bond donors (Lipinski definition) is 2. The number of fused-ring (bicyclic) bond motifs is 2. The van der Waals surface area contributed by atoms with Crippen molar-refractivity contribution in [1.82, 2.24) is 30.4 Å². The summed E-state index contributed by atoms with van der Waals surface area (Å²) in [4.78, 5) is 80.4. The Morgan fingerprint density at radius 2 is 1.65 bits per heavy atom. The summed E-state index contributed by atoms with van der Waals surface area (Å²) in [5.74, 6) is -0.549. The summed E-state index contributed by atoms with van der Waals surface area (Å²) in [6, 6.07) is 8.27. The van der Waals surface area contributed by atoms with E-state index in [4.69, 9.17) is 16.3 Å². The number of benzene rings is 2. The predicted octanol–water partition coefficient (Wildman–Crippen LogP) is 3.66. The summed E-state index contributed by atoms with van der Waals surface area (Å²) < 4.78 is 21.8. The maximum absolute atomic E-state index is 15.5. The maximum Gasteiger partial charge on any atom is 0.271 e. The minimum Gasteiger partial charge on any atom is -0.489 e. The lowest BCUT2D eigenvalue weighted by Crippen LogP contribution is -2.74. The van der Waals surface area contributed by atoms with Crippen LogP contribution in [0.2, 0.25) is 5.02 Å². The number of nitriles is 1. The molecule has 2 N–H and O–H groups in total. The highest BCUT2D eigenvalue weighted by Gasteiger charge is 2.64. The van der Waals surface area contributed by atoms with Gasteiger partial charge in [-0.1, -0.05) is 39.3 Å². The van der Waals surface area contributed by atoms with Crippen molar-refractivity contribution in [3.05, 3.63) is 75.9 Å². The highest BCUT2D eigenvalue weighted by molar-refractivity contribution is 6.31. The summed E-state index contributed by atoms with van der Waals surface area (Å²) in [6.07, 6.45) is 3.01. The molecule has 60 heavy (non-hydrogen) atoms. The first-order valence-corrected chi connectivity index (χ1v) is 20.7. The van der Waals surface area contributed by atoms with Crippen LogP contribution in [-0.2, 0) is 9.59 Å². The molecule has 1 aromatic heterocycles. The molecule has 1 unspecified atom stereocenters. The molecule has 0 bridgehead atoms. The third-order valence-electron chi connectivity index (χ3n) is 13.7. The molecule has 5 fully saturated rings. The van der Waals surface area contributed by atoms with Gasteiger partial charge in [0, 0.05) is 75.2 Å². The van der Waals surface area contributed by atoms with Crippen LogP contribution in [0.4, 0.5) is 15.9 Å². The lowest BCUT2D eigenvalue weighted by molar-refractivity contribution is -0.164. The summed E-state index contributed by atoms with van der Waals surface area (Å²) in [6.45, 7) is 13.4. The van der Waals surface area contributed by atoms with Crippen molar-refractivity contribution < 1.29 is 33.1 Å². The average molecular weight is 838 g/mol. The number of nitrogens with one attached hydrogen (secondary N) is 2. The molecule has 4 aliphatic heterocycles. The molecule has 312 valence electrons. The van der Waals surface area contributed by atoms with E-state index >= 15 is 4.39 Å². The number of ether oxygens (including phenoxy) is 1. The highest BCUT2D eigenvalue weighted by atomic mass is 35.5. The molecule has 0 radical (unpaired) electrons. The van der Waals surface area contributed by atoms with Gasteiger partial charge in [0.15, 0.2) is 0 Å². The molecule has 2 saturated carbocycles. The van der Waals surface area contributed by atoms with E-state index in [0.717, 1.165) is 49.5 Å². The number of anilines is 2. The molecular formula is C43H45ClFN9O6. The van der Waals surface area contributed by atoms with Crippen LogP contribution in [0, 0.1) is 45.7 Å². The van der Waals surface area contributed by atoms with Crippen molar-refractivity contribution in [3.63, 3.8) is 0 Å². The first-order chi connectivity index (χ1) is 28.6. The van der Waals surface area contributed by atoms with Crippen molar-refractivity contribution in [2.24, 2.45) is 28.6 Å². The fourth-order valence-corrected chi connectivity index (χ4v) is 10.9. The number of halogens is 2. The zero-order valence-corrected chi connectivity index (χ0v) is 34.5. The third kappa shape index (κ3) is 6.62. The minimum atomic E-state index is -1.11. The van der Waals surface area contributed by atoms with Gasteiger partial charge in [0.25, 0.3) is 17.7 Å². The van der Waals surface area contributed by atoms with Crippen LogP contribution in [0.25, 0.3) is 0 Å². The van der Waals surface area contributed by atoms with Crippen molar-refractivity contribution in [2.75, 3.05) is 55.6 Å². The van der Waals surface area contributed by atoms with Crippen LogP contribution in [0.5, 0.6) is 5.75 Å². The van der Waals surface area contributed by atoms with Crippen molar-refractivity contribution in [2.45, 2.75) is 58.7 Å². The molecule has 5 amide bonds. The molecule has 2 aliphatic carbocycles. The van der Waals surface area contributed by atoms with Crippen molar-refractivity contribution in [3.8, 4) is 11.8 Å². The van der Waals surface area contributed by atoms with E-state index in [1.165, 1.54) is 12.3 Å². The van der Waals surface area contributed by atoms with Gasteiger partial charge < -0.3 is 19.9 Å². The van der Waals surface area contributed by atoms with E-state index in [0.29, 0.717) is 47.2 Å². The minimum absolute atomic E-state index is 0.0113. The number of piperidine rings is 2. The molecule has 15 nitrogen and oxygen atoms in total. The van der Waals surface area contributed by atoms with E-state index in [9.17, 15) is 29.2 Å². The van der Waals surface area contributed by atoms with Crippen molar-refractivity contribution in [1.29, 1.82) is 5.26 Å². The van der Waals surface area contributed by atoms with Gasteiger partial charge in [-0.15, -0.1) is 0 Å². The number of hydrogen-bond acceptors (Lipinski definition) is 12. The van der Waals surface area contributed by atoms with Crippen LogP contribution in [0.15, 0.2) is 42.7 Å². The third-order valence-corrected chi connectivity index (χ3v) is 14.0. The Hall–Kier alpha value is -5.66. The van der Waals surface area contributed by atoms with Crippen LogP contribution in [-0.4, -0.2) is 113 Å². The second-order valence-corrected chi connectivity index (χ2v) is 18.4. The molecule has 5 heterocycles. The Morgan fingerprint density at radius 3 is 2.27 bits per heavy atom. The zero-order valence-electron chi connectivity index (χ0n) is 33.7. The summed E-state index contributed by atoms with van der Waals surface area (Å²) in [5.41, 5.74) is 0.0403. The first-order valence-electron chi connectivity index (χ1n) is 20.3. The van der Waals surface area contributed by atoms with Crippen LogP contribution in [0.1, 0.15) is 77.3 Å². The number of rotatable bonds is 9. The summed E-state index contributed by atoms with van der Waals surface area (Å²) >= 11 is 6.24. The molecule has 17 heteroatoms. The van der Waals surface area contributed by atoms with Gasteiger partial charge in [-0.2, -0.15) is 5.26 Å². The Labute approximate surface area is 351 Å². The molecule has 3 saturated heterocycles. The number of aromatic nitrogens is 2. The van der Waals surface area contributed by atoms with Gasteiger partial charge in [-0.05, 0) is 48.4 Å². The quantitative estimate of drug-likeness (QED) is 0.299. The predicted molar refractivity (Wildman–Crippen MR) is 216 cm³/mol. The normalized spacial score (nSPS) is 27.8. The van der Waals surface area contributed by atoms with E-state index in [-0.39, 0.29) is 53.4 Å². The first kappa shape index (κ1) is 39.8. The van der Waals surface area contributed by atoms with Crippen LogP contribution < -0.4 is 25.2 Å².